The Labute approximate surface area is 85.9 Å². The molecule has 2 heteroatoms. The first-order valence-electron chi connectivity index (χ1n) is 5.46. The highest BCUT2D eigenvalue weighted by atomic mass is 15.2. The van der Waals surface area contributed by atoms with Crippen molar-refractivity contribution in [3.63, 3.8) is 0 Å². The number of rotatable bonds is 2. The highest BCUT2D eigenvalue weighted by Gasteiger charge is 2.22. The second kappa shape index (κ2) is 3.91. The van der Waals surface area contributed by atoms with Crippen LogP contribution in [-0.4, -0.2) is 19.1 Å². The summed E-state index contributed by atoms with van der Waals surface area (Å²) in [6, 6.07) is 9.21. The lowest BCUT2D eigenvalue weighted by atomic mass is 10.1. The molecule has 0 fully saturated rings. The Morgan fingerprint density at radius 1 is 1.36 bits per heavy atom. The molecule has 0 saturated carbocycles. The minimum Gasteiger partial charge on any atom is -0.381 e. The van der Waals surface area contributed by atoms with E-state index in [4.69, 9.17) is 0 Å². The van der Waals surface area contributed by atoms with Gasteiger partial charge in [0.05, 0.1) is 11.4 Å². The molecule has 1 aliphatic rings. The maximum atomic E-state index is 3.49. The van der Waals surface area contributed by atoms with E-state index in [2.05, 4.69) is 48.3 Å². The molecule has 1 unspecified atom stereocenters. The Morgan fingerprint density at radius 2 is 2.14 bits per heavy atom. The fraction of sp³-hybridized carbons (Fsp3) is 0.500. The summed E-state index contributed by atoms with van der Waals surface area (Å²) in [6.45, 7) is 6.65. The molecular formula is C12H18N2. The van der Waals surface area contributed by atoms with E-state index in [0.717, 1.165) is 13.1 Å². The van der Waals surface area contributed by atoms with Gasteiger partial charge in [-0.3, -0.25) is 0 Å². The fourth-order valence-corrected chi connectivity index (χ4v) is 2.20. The molecule has 0 radical (unpaired) electrons. The van der Waals surface area contributed by atoms with E-state index in [1.54, 1.807) is 0 Å². The number of para-hydroxylation sites is 2. The highest BCUT2D eigenvalue weighted by molar-refractivity contribution is 5.72. The van der Waals surface area contributed by atoms with Crippen molar-refractivity contribution in [2.75, 3.05) is 23.3 Å². The van der Waals surface area contributed by atoms with Gasteiger partial charge in [-0.2, -0.15) is 0 Å². The van der Waals surface area contributed by atoms with Gasteiger partial charge in [-0.05, 0) is 25.5 Å². The first kappa shape index (κ1) is 9.38. The molecule has 0 spiro atoms. The van der Waals surface area contributed by atoms with Crippen LogP contribution in [0.2, 0.25) is 0 Å². The second-order valence-corrected chi connectivity index (χ2v) is 3.75. The van der Waals surface area contributed by atoms with Gasteiger partial charge in [0, 0.05) is 19.1 Å². The molecule has 1 aromatic carbocycles. The van der Waals surface area contributed by atoms with Gasteiger partial charge in [-0.25, -0.2) is 0 Å². The van der Waals surface area contributed by atoms with Gasteiger partial charge < -0.3 is 10.2 Å². The van der Waals surface area contributed by atoms with Gasteiger partial charge >= 0.3 is 0 Å². The SMILES string of the molecule is CCC1CNc2ccccc2N1CC. The summed E-state index contributed by atoms with van der Waals surface area (Å²) in [5.41, 5.74) is 2.63. The van der Waals surface area contributed by atoms with Crippen molar-refractivity contribution < 1.29 is 0 Å². The molecule has 2 rings (SSSR count). The van der Waals surface area contributed by atoms with Gasteiger partial charge in [0.2, 0.25) is 0 Å². The van der Waals surface area contributed by atoms with E-state index in [1.807, 2.05) is 0 Å². The minimum atomic E-state index is 0.648. The normalized spacial score (nSPS) is 20.1. The van der Waals surface area contributed by atoms with Crippen molar-refractivity contribution in [1.29, 1.82) is 0 Å². The fourth-order valence-electron chi connectivity index (χ4n) is 2.20. The van der Waals surface area contributed by atoms with E-state index in [9.17, 15) is 0 Å². The summed E-state index contributed by atoms with van der Waals surface area (Å²) >= 11 is 0. The topological polar surface area (TPSA) is 15.3 Å². The molecule has 0 aromatic heterocycles. The molecule has 0 saturated heterocycles. The third-order valence-corrected chi connectivity index (χ3v) is 2.99. The largest absolute Gasteiger partial charge is 0.381 e. The molecule has 1 aromatic rings. The third kappa shape index (κ3) is 1.45. The predicted octanol–water partition coefficient (Wildman–Crippen LogP) is 2.72. The standard InChI is InChI=1S/C12H18N2/c1-3-10-9-13-11-7-5-6-8-12(11)14(10)4-2/h5-8,10,13H,3-4,9H2,1-2H3. The number of benzene rings is 1. The summed E-state index contributed by atoms with van der Waals surface area (Å²) in [6.07, 6.45) is 1.20. The van der Waals surface area contributed by atoms with Crippen LogP contribution >= 0.6 is 0 Å². The average molecular weight is 190 g/mol. The van der Waals surface area contributed by atoms with Crippen LogP contribution in [0, 0.1) is 0 Å². The molecule has 1 N–H and O–H groups in total. The highest BCUT2D eigenvalue weighted by Crippen LogP contribution is 2.31. The van der Waals surface area contributed by atoms with Crippen LogP contribution in [-0.2, 0) is 0 Å². The molecule has 14 heavy (non-hydrogen) atoms. The van der Waals surface area contributed by atoms with Gasteiger partial charge in [0.15, 0.2) is 0 Å². The number of fused-ring (bicyclic) bond motifs is 1. The molecule has 2 nitrogen and oxygen atoms in total. The van der Waals surface area contributed by atoms with Crippen molar-refractivity contribution in [1.82, 2.24) is 0 Å². The number of nitrogens with one attached hydrogen (secondary N) is 1. The summed E-state index contributed by atoms with van der Waals surface area (Å²) in [5.74, 6) is 0. The molecule has 0 amide bonds. The van der Waals surface area contributed by atoms with E-state index in [-0.39, 0.29) is 0 Å². The number of nitrogens with zero attached hydrogens (tertiary/aromatic N) is 1. The van der Waals surface area contributed by atoms with Crippen molar-refractivity contribution in [3.8, 4) is 0 Å². The molecule has 0 bridgehead atoms. The maximum Gasteiger partial charge on any atom is 0.0605 e. The van der Waals surface area contributed by atoms with Crippen LogP contribution in [0.5, 0.6) is 0 Å². The average Bonchev–Trinajstić information content (AvgIpc) is 2.27. The first-order valence-corrected chi connectivity index (χ1v) is 5.46. The summed E-state index contributed by atoms with van der Waals surface area (Å²) in [7, 11) is 0. The van der Waals surface area contributed by atoms with Crippen molar-refractivity contribution in [3.05, 3.63) is 24.3 Å². The van der Waals surface area contributed by atoms with Gasteiger partial charge in [0.25, 0.3) is 0 Å². The molecular weight excluding hydrogens is 172 g/mol. The lowest BCUT2D eigenvalue weighted by Crippen LogP contribution is -2.43. The Morgan fingerprint density at radius 3 is 2.86 bits per heavy atom. The number of hydrogen-bond donors (Lipinski definition) is 1. The van der Waals surface area contributed by atoms with Crippen LogP contribution in [0.15, 0.2) is 24.3 Å². The molecule has 1 aliphatic heterocycles. The lowest BCUT2D eigenvalue weighted by molar-refractivity contribution is 0.594. The predicted molar refractivity (Wildman–Crippen MR) is 62.0 cm³/mol. The molecule has 1 heterocycles. The van der Waals surface area contributed by atoms with Crippen LogP contribution in [0.4, 0.5) is 11.4 Å². The van der Waals surface area contributed by atoms with Crippen molar-refractivity contribution in [2.24, 2.45) is 0 Å². The summed E-state index contributed by atoms with van der Waals surface area (Å²) < 4.78 is 0. The number of anilines is 2. The smallest absolute Gasteiger partial charge is 0.0605 e. The zero-order valence-corrected chi connectivity index (χ0v) is 8.96. The monoisotopic (exact) mass is 190 g/mol. The number of hydrogen-bond acceptors (Lipinski definition) is 2. The Kier molecular flexibility index (Phi) is 2.62. The minimum absolute atomic E-state index is 0.648. The van der Waals surface area contributed by atoms with E-state index >= 15 is 0 Å². The second-order valence-electron chi connectivity index (χ2n) is 3.75. The summed E-state index contributed by atoms with van der Waals surface area (Å²) in [4.78, 5) is 2.49. The van der Waals surface area contributed by atoms with E-state index in [0.29, 0.717) is 6.04 Å². The van der Waals surface area contributed by atoms with Gasteiger partial charge in [-0.1, -0.05) is 19.1 Å². The zero-order valence-electron chi connectivity index (χ0n) is 8.96. The quantitative estimate of drug-likeness (QED) is 0.771. The molecule has 1 atom stereocenters. The third-order valence-electron chi connectivity index (χ3n) is 2.99. The molecule has 76 valence electrons. The van der Waals surface area contributed by atoms with Crippen LogP contribution in [0.1, 0.15) is 20.3 Å². The Balaban J connectivity index is 2.34. The lowest BCUT2D eigenvalue weighted by Gasteiger charge is -2.38. The van der Waals surface area contributed by atoms with Crippen molar-refractivity contribution >= 4 is 11.4 Å². The first-order chi connectivity index (χ1) is 6.86. The van der Waals surface area contributed by atoms with Crippen LogP contribution < -0.4 is 10.2 Å². The Bertz CT molecular complexity index is 309. The summed E-state index contributed by atoms with van der Waals surface area (Å²) in [5, 5.41) is 3.49. The van der Waals surface area contributed by atoms with Crippen molar-refractivity contribution in [2.45, 2.75) is 26.3 Å². The van der Waals surface area contributed by atoms with Gasteiger partial charge in [-0.15, -0.1) is 0 Å². The van der Waals surface area contributed by atoms with Crippen LogP contribution in [0.3, 0.4) is 0 Å². The molecule has 0 aliphatic carbocycles. The van der Waals surface area contributed by atoms with E-state index < -0.39 is 0 Å². The maximum absolute atomic E-state index is 3.49. The number of likely N-dealkylation sites (N-methyl/N-ethyl adjacent to an activating group) is 1. The Hall–Kier alpha value is -1.18. The van der Waals surface area contributed by atoms with Crippen LogP contribution in [0.25, 0.3) is 0 Å². The zero-order chi connectivity index (χ0) is 9.97. The van der Waals surface area contributed by atoms with E-state index in [1.165, 1.54) is 17.8 Å². The van der Waals surface area contributed by atoms with Gasteiger partial charge in [0.1, 0.15) is 0 Å².